The Bertz CT molecular complexity index is 731. The highest BCUT2D eigenvalue weighted by Crippen LogP contribution is 2.18. The molecule has 7 nitrogen and oxygen atoms in total. The van der Waals surface area contributed by atoms with E-state index in [0.717, 1.165) is 57.4 Å². The lowest BCUT2D eigenvalue weighted by atomic mass is 9.96. The van der Waals surface area contributed by atoms with E-state index in [9.17, 15) is 14.0 Å². The van der Waals surface area contributed by atoms with Crippen molar-refractivity contribution in [1.82, 2.24) is 10.6 Å². The molecule has 2 aliphatic rings. The van der Waals surface area contributed by atoms with Gasteiger partial charge in [0.1, 0.15) is 44.3 Å². The van der Waals surface area contributed by atoms with Gasteiger partial charge in [-0.3, -0.25) is 10.1 Å². The number of benzene rings is 1. The summed E-state index contributed by atoms with van der Waals surface area (Å²) in [5, 5.41) is 5.45. The average molecular weight is 423 g/mol. The monoisotopic (exact) mass is 422 g/mol. The van der Waals surface area contributed by atoms with Gasteiger partial charge in [-0.2, -0.15) is 0 Å². The molecule has 1 aromatic carbocycles. The number of quaternary nitrogens is 2. The van der Waals surface area contributed by atoms with E-state index >= 15 is 0 Å². The summed E-state index contributed by atoms with van der Waals surface area (Å²) < 4.78 is 18.9. The number of nitrogens with one attached hydrogen (secondary N) is 4. The topological polar surface area (TPSA) is 76.3 Å². The van der Waals surface area contributed by atoms with Gasteiger partial charge in [-0.05, 0) is 38.0 Å². The van der Waals surface area contributed by atoms with Gasteiger partial charge in [0.05, 0.1) is 12.7 Å². The molecule has 166 valence electrons. The van der Waals surface area contributed by atoms with Crippen molar-refractivity contribution in [2.24, 2.45) is 0 Å². The number of halogens is 1. The molecular weight excluding hydrogens is 387 g/mol. The lowest BCUT2D eigenvalue weighted by molar-refractivity contribution is -1.02. The minimum Gasteiger partial charge on any atom is -0.496 e. The van der Waals surface area contributed by atoms with Crippen molar-refractivity contribution in [3.63, 3.8) is 0 Å². The third-order valence-electron chi connectivity index (χ3n) is 6.47. The van der Waals surface area contributed by atoms with Gasteiger partial charge in [-0.1, -0.05) is 19.3 Å². The van der Waals surface area contributed by atoms with Crippen LogP contribution in [0.3, 0.4) is 0 Å². The van der Waals surface area contributed by atoms with Crippen molar-refractivity contribution in [1.29, 1.82) is 0 Å². The van der Waals surface area contributed by atoms with Gasteiger partial charge in [0, 0.05) is 6.04 Å². The van der Waals surface area contributed by atoms with Gasteiger partial charge in [0.15, 0.2) is 6.04 Å². The van der Waals surface area contributed by atoms with Crippen molar-refractivity contribution >= 4 is 11.9 Å². The Kier molecular flexibility index (Phi) is 8.04. The molecule has 1 aliphatic carbocycles. The maximum absolute atomic E-state index is 13.6. The number of rotatable bonds is 6. The number of amides is 3. The fourth-order valence-electron chi connectivity index (χ4n) is 4.56. The second kappa shape index (κ2) is 10.7. The fraction of sp³-hybridized carbons (Fsp3) is 0.636. The molecular formula is C22H35FN4O3+2. The van der Waals surface area contributed by atoms with Crippen LogP contribution >= 0.6 is 0 Å². The highest BCUT2D eigenvalue weighted by Gasteiger charge is 2.32. The van der Waals surface area contributed by atoms with E-state index in [-0.39, 0.29) is 29.8 Å². The lowest BCUT2D eigenvalue weighted by Crippen LogP contribution is -3.29. The van der Waals surface area contributed by atoms with E-state index in [1.54, 1.807) is 13.2 Å². The maximum Gasteiger partial charge on any atom is 0.321 e. The summed E-state index contributed by atoms with van der Waals surface area (Å²) in [6, 6.07) is 4.13. The van der Waals surface area contributed by atoms with Gasteiger partial charge in [-0.15, -0.1) is 0 Å². The number of ether oxygens (including phenoxy) is 1. The van der Waals surface area contributed by atoms with Crippen LogP contribution in [0.15, 0.2) is 18.2 Å². The van der Waals surface area contributed by atoms with Crippen LogP contribution in [0.25, 0.3) is 0 Å². The van der Waals surface area contributed by atoms with Crippen LogP contribution in [0.4, 0.5) is 9.18 Å². The molecule has 1 aromatic rings. The second-order valence-corrected chi connectivity index (χ2v) is 8.56. The standard InChI is InChI=1S/C22H33FN4O3/c1-16(21(28)25-22(29)24-19-6-4-3-5-7-19)27-12-10-26(11-13-27)15-17-14-18(23)8-9-20(17)30-2/h8-9,14,16,19H,3-7,10-13,15H2,1-2H3,(H2,24,25,28,29)/p+2/t16-/m0/s1. The Morgan fingerprint density at radius 2 is 1.87 bits per heavy atom. The largest absolute Gasteiger partial charge is 0.496 e. The van der Waals surface area contributed by atoms with Crippen molar-refractivity contribution in [2.45, 2.75) is 57.7 Å². The molecule has 1 saturated heterocycles. The first-order chi connectivity index (χ1) is 14.5. The van der Waals surface area contributed by atoms with Crippen molar-refractivity contribution < 1.29 is 28.5 Å². The van der Waals surface area contributed by atoms with Crippen molar-refractivity contribution in [3.8, 4) is 5.75 Å². The summed E-state index contributed by atoms with van der Waals surface area (Å²) in [5.41, 5.74) is 0.862. The maximum atomic E-state index is 13.6. The molecule has 0 bridgehead atoms. The van der Waals surface area contributed by atoms with Crippen LogP contribution in [0.2, 0.25) is 0 Å². The van der Waals surface area contributed by atoms with E-state index in [1.165, 1.54) is 28.4 Å². The molecule has 3 amide bonds. The number of imide groups is 1. The third kappa shape index (κ3) is 6.15. The lowest BCUT2D eigenvalue weighted by Gasteiger charge is -2.32. The smallest absolute Gasteiger partial charge is 0.321 e. The highest BCUT2D eigenvalue weighted by molar-refractivity contribution is 5.96. The van der Waals surface area contributed by atoms with E-state index in [1.807, 2.05) is 6.92 Å². The van der Waals surface area contributed by atoms with Crippen LogP contribution in [0.1, 0.15) is 44.6 Å². The molecule has 3 rings (SSSR count). The quantitative estimate of drug-likeness (QED) is 0.507. The number of carbonyl (C=O) groups excluding carboxylic acids is 2. The molecule has 1 aliphatic heterocycles. The molecule has 1 heterocycles. The number of carbonyl (C=O) groups is 2. The highest BCUT2D eigenvalue weighted by atomic mass is 19.1. The molecule has 1 saturated carbocycles. The zero-order chi connectivity index (χ0) is 21.5. The number of hydrogen-bond donors (Lipinski definition) is 4. The normalized spacial score (nSPS) is 23.4. The van der Waals surface area contributed by atoms with Crippen LogP contribution in [-0.4, -0.2) is 57.3 Å². The molecule has 4 N–H and O–H groups in total. The number of piperazine rings is 1. The van der Waals surface area contributed by atoms with Crippen LogP contribution in [-0.2, 0) is 11.3 Å². The van der Waals surface area contributed by atoms with E-state index in [0.29, 0.717) is 12.3 Å². The minimum atomic E-state index is -0.374. The Hall–Kier alpha value is -2.19. The molecule has 8 heteroatoms. The van der Waals surface area contributed by atoms with E-state index < -0.39 is 0 Å². The molecule has 0 unspecified atom stereocenters. The molecule has 0 spiro atoms. The Labute approximate surface area is 177 Å². The summed E-state index contributed by atoms with van der Waals surface area (Å²) >= 11 is 0. The number of urea groups is 1. The van der Waals surface area contributed by atoms with Crippen LogP contribution < -0.4 is 25.2 Å². The zero-order valence-corrected chi connectivity index (χ0v) is 18.1. The van der Waals surface area contributed by atoms with Gasteiger partial charge in [0.2, 0.25) is 0 Å². The number of methoxy groups -OCH3 is 1. The predicted molar refractivity (Wildman–Crippen MR) is 111 cm³/mol. The SMILES string of the molecule is COc1ccc(F)cc1C[NH+]1CC[NH+]([C@@H](C)C(=O)NC(=O)NC2CCCCC2)CC1. The Morgan fingerprint density at radius 1 is 1.17 bits per heavy atom. The van der Waals surface area contributed by atoms with Gasteiger partial charge in [0.25, 0.3) is 5.91 Å². The first kappa shape index (κ1) is 22.5. The first-order valence-electron chi connectivity index (χ1n) is 11.1. The minimum absolute atomic E-state index is 0.182. The van der Waals surface area contributed by atoms with Crippen molar-refractivity contribution in [2.75, 3.05) is 33.3 Å². The molecule has 0 radical (unpaired) electrons. The number of hydrogen-bond acceptors (Lipinski definition) is 3. The van der Waals surface area contributed by atoms with Crippen LogP contribution in [0, 0.1) is 5.82 Å². The summed E-state index contributed by atoms with van der Waals surface area (Å²) in [5.74, 6) is 0.218. The molecule has 2 fully saturated rings. The first-order valence-corrected chi connectivity index (χ1v) is 11.1. The molecule has 30 heavy (non-hydrogen) atoms. The predicted octanol–water partition coefficient (Wildman–Crippen LogP) is -0.335. The second-order valence-electron chi connectivity index (χ2n) is 8.56. The van der Waals surface area contributed by atoms with Crippen LogP contribution in [0.5, 0.6) is 5.75 Å². The Balaban J connectivity index is 1.44. The van der Waals surface area contributed by atoms with E-state index in [2.05, 4.69) is 10.6 Å². The van der Waals surface area contributed by atoms with Gasteiger partial charge in [-0.25, -0.2) is 9.18 Å². The van der Waals surface area contributed by atoms with Crippen molar-refractivity contribution in [3.05, 3.63) is 29.6 Å². The Morgan fingerprint density at radius 3 is 2.53 bits per heavy atom. The zero-order valence-electron chi connectivity index (χ0n) is 18.1. The van der Waals surface area contributed by atoms with E-state index in [4.69, 9.17) is 4.74 Å². The average Bonchev–Trinajstić information content (AvgIpc) is 2.74. The summed E-state index contributed by atoms with van der Waals surface area (Å²) in [4.78, 5) is 27.2. The fourth-order valence-corrected chi connectivity index (χ4v) is 4.56. The third-order valence-corrected chi connectivity index (χ3v) is 6.47. The van der Waals surface area contributed by atoms with Gasteiger partial charge >= 0.3 is 6.03 Å². The molecule has 1 atom stereocenters. The summed E-state index contributed by atoms with van der Waals surface area (Å²) in [6.07, 6.45) is 5.46. The van der Waals surface area contributed by atoms with Gasteiger partial charge < -0.3 is 19.9 Å². The summed E-state index contributed by atoms with van der Waals surface area (Å²) in [7, 11) is 1.60. The summed E-state index contributed by atoms with van der Waals surface area (Å²) in [6.45, 7) is 5.97. The molecule has 0 aromatic heterocycles.